The van der Waals surface area contributed by atoms with E-state index in [2.05, 4.69) is 15.6 Å². The van der Waals surface area contributed by atoms with Crippen LogP contribution in [0.5, 0.6) is 0 Å². The molecule has 0 aliphatic carbocycles. The number of carbonyl (C=O) groups excluding carboxylic acids is 1. The van der Waals surface area contributed by atoms with Gasteiger partial charge in [0.2, 0.25) is 0 Å². The fourth-order valence-electron chi connectivity index (χ4n) is 2.52. The van der Waals surface area contributed by atoms with Crippen LogP contribution < -0.4 is 15.5 Å². The fourth-order valence-corrected chi connectivity index (χ4v) is 2.52. The van der Waals surface area contributed by atoms with Crippen molar-refractivity contribution in [2.24, 2.45) is 5.92 Å². The lowest BCUT2D eigenvalue weighted by molar-refractivity contribution is 0.114. The first-order valence-electron chi connectivity index (χ1n) is 8.68. The molecule has 1 aromatic heterocycles. The van der Waals surface area contributed by atoms with Crippen molar-refractivity contribution in [3.05, 3.63) is 35.9 Å². The van der Waals surface area contributed by atoms with Crippen molar-refractivity contribution in [1.82, 2.24) is 15.6 Å². The van der Waals surface area contributed by atoms with Crippen LogP contribution in [0.25, 0.3) is 10.9 Å². The minimum Gasteiger partial charge on any atom is -0.391 e. The summed E-state index contributed by atoms with van der Waals surface area (Å²) in [5, 5.41) is 16.5. The van der Waals surface area contributed by atoms with Gasteiger partial charge in [-0.25, -0.2) is 9.78 Å². The predicted octanol–water partition coefficient (Wildman–Crippen LogP) is 2.51. The standard InChI is InChI=1S/C19H28N4O2/c1-5-13(2)17(24)12-21-19(25)20-11-14-10-18(23(3)4)22-16-9-7-6-8-15(14)16/h6-10,13,17,24H,5,11-12H2,1-4H3,(H2,20,21,25). The van der Waals surface area contributed by atoms with Gasteiger partial charge in [0.15, 0.2) is 0 Å². The maximum atomic E-state index is 12.0. The number of anilines is 1. The number of rotatable bonds is 7. The molecule has 136 valence electrons. The topological polar surface area (TPSA) is 77.5 Å². The molecule has 3 N–H and O–H groups in total. The minimum absolute atomic E-state index is 0.159. The van der Waals surface area contributed by atoms with E-state index in [1.54, 1.807) is 0 Å². The van der Waals surface area contributed by atoms with E-state index in [-0.39, 0.29) is 18.5 Å². The molecule has 2 atom stereocenters. The number of benzene rings is 1. The fraction of sp³-hybridized carbons (Fsp3) is 0.474. The molecular formula is C19H28N4O2. The van der Waals surface area contributed by atoms with Gasteiger partial charge in [0.25, 0.3) is 0 Å². The van der Waals surface area contributed by atoms with E-state index in [9.17, 15) is 9.90 Å². The number of aliphatic hydroxyl groups is 1. The number of nitrogens with zero attached hydrogens (tertiary/aromatic N) is 2. The minimum atomic E-state index is -0.530. The van der Waals surface area contributed by atoms with Crippen molar-refractivity contribution >= 4 is 22.8 Å². The van der Waals surface area contributed by atoms with Crippen molar-refractivity contribution in [1.29, 1.82) is 0 Å². The SMILES string of the molecule is CCC(C)C(O)CNC(=O)NCc1cc(N(C)C)nc2ccccc12. The number of carbonyl (C=O) groups is 1. The first-order chi connectivity index (χ1) is 11.9. The third-order valence-electron chi connectivity index (χ3n) is 4.46. The molecule has 6 heteroatoms. The summed E-state index contributed by atoms with van der Waals surface area (Å²) in [5.41, 5.74) is 1.91. The van der Waals surface area contributed by atoms with Gasteiger partial charge in [0.1, 0.15) is 5.82 Å². The van der Waals surface area contributed by atoms with E-state index >= 15 is 0 Å². The molecule has 2 aromatic rings. The van der Waals surface area contributed by atoms with Crippen molar-refractivity contribution < 1.29 is 9.90 Å². The Balaban J connectivity index is 2.03. The number of hydrogen-bond acceptors (Lipinski definition) is 4. The van der Waals surface area contributed by atoms with Gasteiger partial charge in [-0.15, -0.1) is 0 Å². The van der Waals surface area contributed by atoms with Gasteiger partial charge in [-0.1, -0.05) is 38.5 Å². The summed E-state index contributed by atoms with van der Waals surface area (Å²) < 4.78 is 0. The van der Waals surface area contributed by atoms with E-state index in [1.807, 2.05) is 63.2 Å². The van der Waals surface area contributed by atoms with Gasteiger partial charge in [0, 0.05) is 32.6 Å². The van der Waals surface area contributed by atoms with Crippen LogP contribution in [0.3, 0.4) is 0 Å². The monoisotopic (exact) mass is 344 g/mol. The number of aromatic nitrogens is 1. The first-order valence-corrected chi connectivity index (χ1v) is 8.68. The van der Waals surface area contributed by atoms with E-state index in [1.165, 1.54) is 0 Å². The van der Waals surface area contributed by atoms with Crippen LogP contribution in [-0.4, -0.2) is 42.9 Å². The molecule has 0 bridgehead atoms. The Morgan fingerprint density at radius 2 is 2.00 bits per heavy atom. The van der Waals surface area contributed by atoms with E-state index < -0.39 is 6.10 Å². The molecule has 0 fully saturated rings. The van der Waals surface area contributed by atoms with E-state index in [4.69, 9.17) is 0 Å². The average Bonchev–Trinajstić information content (AvgIpc) is 2.62. The molecule has 0 radical (unpaired) electrons. The molecule has 0 saturated heterocycles. The number of amides is 2. The number of nitrogens with one attached hydrogen (secondary N) is 2. The van der Waals surface area contributed by atoms with Crippen LogP contribution in [0, 0.1) is 5.92 Å². The van der Waals surface area contributed by atoms with Crippen LogP contribution in [0.2, 0.25) is 0 Å². The first kappa shape index (κ1) is 19.0. The number of fused-ring (bicyclic) bond motifs is 1. The third-order valence-corrected chi connectivity index (χ3v) is 4.46. The molecule has 0 spiro atoms. The second-order valence-corrected chi connectivity index (χ2v) is 6.57. The van der Waals surface area contributed by atoms with E-state index in [0.717, 1.165) is 28.7 Å². The van der Waals surface area contributed by atoms with Crippen LogP contribution in [0.4, 0.5) is 10.6 Å². The van der Waals surface area contributed by atoms with Crippen LogP contribution >= 0.6 is 0 Å². The maximum Gasteiger partial charge on any atom is 0.315 e. The molecule has 6 nitrogen and oxygen atoms in total. The number of urea groups is 1. The highest BCUT2D eigenvalue weighted by Gasteiger charge is 2.13. The van der Waals surface area contributed by atoms with Gasteiger partial charge < -0.3 is 20.6 Å². The Morgan fingerprint density at radius 3 is 2.68 bits per heavy atom. The zero-order valence-corrected chi connectivity index (χ0v) is 15.4. The molecule has 1 heterocycles. The zero-order chi connectivity index (χ0) is 18.4. The lowest BCUT2D eigenvalue weighted by Crippen LogP contribution is -2.41. The number of aliphatic hydroxyl groups excluding tert-OH is 1. The molecular weight excluding hydrogens is 316 g/mol. The molecule has 0 aliphatic rings. The Morgan fingerprint density at radius 1 is 1.28 bits per heavy atom. The molecule has 0 aliphatic heterocycles. The maximum absolute atomic E-state index is 12.0. The van der Waals surface area contributed by atoms with Crippen LogP contribution in [-0.2, 0) is 6.54 Å². The second kappa shape index (κ2) is 8.67. The Kier molecular flexibility index (Phi) is 6.58. The summed E-state index contributed by atoms with van der Waals surface area (Å²) in [7, 11) is 3.88. The summed E-state index contributed by atoms with van der Waals surface area (Å²) in [6.07, 6.45) is 0.346. The van der Waals surface area contributed by atoms with Crippen molar-refractivity contribution in [3.8, 4) is 0 Å². The molecule has 1 aromatic carbocycles. The lowest BCUT2D eigenvalue weighted by Gasteiger charge is -2.18. The average molecular weight is 344 g/mol. The van der Waals surface area contributed by atoms with Crippen molar-refractivity contribution in [3.63, 3.8) is 0 Å². The zero-order valence-electron chi connectivity index (χ0n) is 15.4. The predicted molar refractivity (Wildman–Crippen MR) is 102 cm³/mol. The number of para-hydroxylation sites is 1. The summed E-state index contributed by atoms with van der Waals surface area (Å²) in [5.74, 6) is 1.01. The summed E-state index contributed by atoms with van der Waals surface area (Å²) in [6, 6.07) is 9.59. The number of pyridine rings is 1. The second-order valence-electron chi connectivity index (χ2n) is 6.57. The van der Waals surface area contributed by atoms with Gasteiger partial charge >= 0.3 is 6.03 Å². The highest BCUT2D eigenvalue weighted by molar-refractivity contribution is 5.84. The molecule has 2 amide bonds. The van der Waals surface area contributed by atoms with E-state index in [0.29, 0.717) is 6.54 Å². The van der Waals surface area contributed by atoms with Crippen molar-refractivity contribution in [2.45, 2.75) is 32.9 Å². The lowest BCUT2D eigenvalue weighted by atomic mass is 10.0. The molecule has 0 saturated carbocycles. The van der Waals surface area contributed by atoms with Gasteiger partial charge in [-0.2, -0.15) is 0 Å². The summed E-state index contributed by atoms with van der Waals surface area (Å²) >= 11 is 0. The highest BCUT2D eigenvalue weighted by Crippen LogP contribution is 2.21. The smallest absolute Gasteiger partial charge is 0.315 e. The largest absolute Gasteiger partial charge is 0.391 e. The quantitative estimate of drug-likeness (QED) is 0.721. The summed E-state index contributed by atoms with van der Waals surface area (Å²) in [6.45, 7) is 4.64. The van der Waals surface area contributed by atoms with Crippen LogP contribution in [0.15, 0.2) is 30.3 Å². The molecule has 2 rings (SSSR count). The summed E-state index contributed by atoms with van der Waals surface area (Å²) in [4.78, 5) is 18.6. The molecule has 2 unspecified atom stereocenters. The Hall–Kier alpha value is -2.34. The highest BCUT2D eigenvalue weighted by atomic mass is 16.3. The normalized spacial score (nSPS) is 13.3. The van der Waals surface area contributed by atoms with Gasteiger partial charge in [-0.05, 0) is 23.6 Å². The van der Waals surface area contributed by atoms with Gasteiger partial charge in [0.05, 0.1) is 11.6 Å². The Bertz CT molecular complexity index is 718. The number of hydrogen-bond donors (Lipinski definition) is 3. The van der Waals surface area contributed by atoms with Crippen LogP contribution in [0.1, 0.15) is 25.8 Å². The van der Waals surface area contributed by atoms with Gasteiger partial charge in [-0.3, -0.25) is 0 Å². The van der Waals surface area contributed by atoms with Crippen molar-refractivity contribution in [2.75, 3.05) is 25.5 Å². The molecule has 25 heavy (non-hydrogen) atoms. The Labute approximate surface area is 149 Å². The third kappa shape index (κ3) is 5.06.